The van der Waals surface area contributed by atoms with Gasteiger partial charge in [-0.2, -0.15) is 9.68 Å². The molecule has 3 rings (SSSR count). The van der Waals surface area contributed by atoms with Gasteiger partial charge in [-0.3, -0.25) is 5.01 Å². The van der Waals surface area contributed by atoms with Gasteiger partial charge in [0.25, 0.3) is 0 Å². The molecule has 2 aromatic carbocycles. The number of methoxy groups -OCH3 is 1. The van der Waals surface area contributed by atoms with E-state index in [4.69, 9.17) is 9.84 Å². The summed E-state index contributed by atoms with van der Waals surface area (Å²) in [5.41, 5.74) is 4.64. The van der Waals surface area contributed by atoms with E-state index in [0.717, 1.165) is 11.4 Å². The van der Waals surface area contributed by atoms with Crippen molar-refractivity contribution in [2.75, 3.05) is 25.7 Å². The van der Waals surface area contributed by atoms with Crippen LogP contribution >= 0.6 is 0 Å². The molecule has 0 bridgehead atoms. The van der Waals surface area contributed by atoms with Crippen molar-refractivity contribution in [2.45, 2.75) is 19.3 Å². The van der Waals surface area contributed by atoms with Gasteiger partial charge in [0, 0.05) is 11.6 Å². The van der Waals surface area contributed by atoms with E-state index in [9.17, 15) is 0 Å². The molecular formula is C22H26N3O+. The Morgan fingerprint density at radius 1 is 1.15 bits per heavy atom. The third-order valence-electron chi connectivity index (χ3n) is 4.93. The lowest BCUT2D eigenvalue weighted by Gasteiger charge is -2.19. The number of fused-ring (bicyclic) bond motifs is 1. The van der Waals surface area contributed by atoms with Crippen LogP contribution in [0.25, 0.3) is 0 Å². The molecule has 0 fully saturated rings. The van der Waals surface area contributed by atoms with Crippen LogP contribution in [0.5, 0.6) is 5.75 Å². The summed E-state index contributed by atoms with van der Waals surface area (Å²) < 4.78 is 7.46. The van der Waals surface area contributed by atoms with Crippen LogP contribution in [0.4, 0.5) is 11.4 Å². The number of rotatable bonds is 6. The number of nitrogens with zero attached hydrogens (tertiary/aromatic N) is 3. The standard InChI is InChI=1S/C22H26N3O/c1-6-15-25(17-11-13-18(26-5)14-12-17)23-16-21-22(2,3)19-9-7-8-10-20(19)24(21)4/h6-14,16H,1,15H2,2-5H3/q+1. The highest BCUT2D eigenvalue weighted by Gasteiger charge is 2.43. The average molecular weight is 348 g/mol. The van der Waals surface area contributed by atoms with Gasteiger partial charge in [0.1, 0.15) is 19.0 Å². The molecule has 0 amide bonds. The van der Waals surface area contributed by atoms with Crippen LogP contribution < -0.4 is 9.75 Å². The summed E-state index contributed by atoms with van der Waals surface area (Å²) in [5.74, 6) is 0.831. The highest BCUT2D eigenvalue weighted by Crippen LogP contribution is 2.38. The first-order chi connectivity index (χ1) is 12.5. The Bertz CT molecular complexity index is 863. The van der Waals surface area contributed by atoms with Crippen molar-refractivity contribution < 1.29 is 9.31 Å². The van der Waals surface area contributed by atoms with Gasteiger partial charge in [0.15, 0.2) is 0 Å². The van der Waals surface area contributed by atoms with Gasteiger partial charge in [0.05, 0.1) is 24.8 Å². The monoisotopic (exact) mass is 348 g/mol. The number of anilines is 1. The Balaban J connectivity index is 1.93. The number of ether oxygens (including phenoxy) is 1. The maximum atomic E-state index is 5.24. The molecule has 1 aliphatic heterocycles. The normalized spacial score (nSPS) is 15.2. The minimum absolute atomic E-state index is 0.0887. The van der Waals surface area contributed by atoms with Crippen LogP contribution in [0.2, 0.25) is 0 Å². The summed E-state index contributed by atoms with van der Waals surface area (Å²) in [5, 5.41) is 6.70. The van der Waals surface area contributed by atoms with E-state index >= 15 is 0 Å². The van der Waals surface area contributed by atoms with Crippen molar-refractivity contribution in [3.8, 4) is 5.75 Å². The summed E-state index contributed by atoms with van der Waals surface area (Å²) in [6.07, 6.45) is 3.82. The molecule has 0 aromatic heterocycles. The second-order valence-corrected chi connectivity index (χ2v) is 6.90. The van der Waals surface area contributed by atoms with E-state index in [1.807, 2.05) is 41.6 Å². The fraction of sp³-hybridized carbons (Fsp3) is 0.273. The maximum absolute atomic E-state index is 5.24. The number of hydrogen-bond acceptors (Lipinski definition) is 3. The Kier molecular flexibility index (Phi) is 4.94. The predicted molar refractivity (Wildman–Crippen MR) is 109 cm³/mol. The Labute approximate surface area is 155 Å². The largest absolute Gasteiger partial charge is 0.497 e. The number of benzene rings is 2. The molecular weight excluding hydrogens is 322 g/mol. The minimum atomic E-state index is -0.0887. The van der Waals surface area contributed by atoms with Crippen molar-refractivity contribution in [2.24, 2.45) is 5.10 Å². The summed E-state index contributed by atoms with van der Waals surface area (Å²) in [6, 6.07) is 16.4. The van der Waals surface area contributed by atoms with E-state index in [1.165, 1.54) is 17.0 Å². The minimum Gasteiger partial charge on any atom is -0.497 e. The van der Waals surface area contributed by atoms with Crippen LogP contribution in [0.1, 0.15) is 19.4 Å². The van der Waals surface area contributed by atoms with Crippen molar-refractivity contribution in [3.05, 3.63) is 66.7 Å². The molecule has 0 radical (unpaired) electrons. The van der Waals surface area contributed by atoms with Gasteiger partial charge in [-0.15, -0.1) is 6.58 Å². The van der Waals surface area contributed by atoms with Gasteiger partial charge in [-0.25, -0.2) is 0 Å². The molecule has 0 saturated heterocycles. The number of hydrogen-bond donors (Lipinski definition) is 0. The van der Waals surface area contributed by atoms with Gasteiger partial charge in [0.2, 0.25) is 11.4 Å². The SMILES string of the molecule is C=CCN(/N=C/C1=[N+](C)c2ccccc2C1(C)C)c1ccc(OC)cc1. The van der Waals surface area contributed by atoms with E-state index in [1.54, 1.807) is 7.11 Å². The molecule has 1 heterocycles. The first-order valence-corrected chi connectivity index (χ1v) is 8.76. The number of para-hydroxylation sites is 1. The highest BCUT2D eigenvalue weighted by molar-refractivity contribution is 6.33. The van der Waals surface area contributed by atoms with Crippen LogP contribution in [0, 0.1) is 0 Å². The average Bonchev–Trinajstić information content (AvgIpc) is 2.85. The predicted octanol–water partition coefficient (Wildman–Crippen LogP) is 4.38. The van der Waals surface area contributed by atoms with E-state index in [-0.39, 0.29) is 5.41 Å². The molecule has 4 heteroatoms. The van der Waals surface area contributed by atoms with Gasteiger partial charge in [-0.1, -0.05) is 24.3 Å². The molecule has 0 N–H and O–H groups in total. The molecule has 1 aliphatic rings. The zero-order chi connectivity index (χ0) is 18.7. The Morgan fingerprint density at radius 3 is 2.46 bits per heavy atom. The van der Waals surface area contributed by atoms with Gasteiger partial charge >= 0.3 is 0 Å². The molecule has 26 heavy (non-hydrogen) atoms. The van der Waals surface area contributed by atoms with Crippen LogP contribution in [0.3, 0.4) is 0 Å². The molecule has 4 nitrogen and oxygen atoms in total. The molecule has 0 aliphatic carbocycles. The van der Waals surface area contributed by atoms with E-state index in [0.29, 0.717) is 6.54 Å². The Hall–Kier alpha value is -2.88. The third kappa shape index (κ3) is 3.15. The zero-order valence-electron chi connectivity index (χ0n) is 15.9. The molecule has 0 atom stereocenters. The summed E-state index contributed by atoms with van der Waals surface area (Å²) in [7, 11) is 3.77. The fourth-order valence-electron chi connectivity index (χ4n) is 3.45. The second kappa shape index (κ2) is 7.16. The van der Waals surface area contributed by atoms with Crippen molar-refractivity contribution in [1.82, 2.24) is 0 Å². The van der Waals surface area contributed by atoms with E-state index in [2.05, 4.69) is 56.3 Å². The smallest absolute Gasteiger partial charge is 0.212 e. The summed E-state index contributed by atoms with van der Waals surface area (Å²) >= 11 is 0. The van der Waals surface area contributed by atoms with Gasteiger partial charge in [-0.05, 0) is 38.1 Å². The molecule has 134 valence electrons. The lowest BCUT2D eigenvalue weighted by molar-refractivity contribution is -0.400. The zero-order valence-corrected chi connectivity index (χ0v) is 15.9. The number of hydrazone groups is 1. The van der Waals surface area contributed by atoms with Gasteiger partial charge < -0.3 is 4.74 Å². The summed E-state index contributed by atoms with van der Waals surface area (Å²) in [4.78, 5) is 0. The Morgan fingerprint density at radius 2 is 1.85 bits per heavy atom. The molecule has 0 unspecified atom stereocenters. The van der Waals surface area contributed by atoms with Crippen molar-refractivity contribution in [3.63, 3.8) is 0 Å². The molecule has 2 aromatic rings. The van der Waals surface area contributed by atoms with Crippen LogP contribution in [-0.2, 0) is 5.41 Å². The lowest BCUT2D eigenvalue weighted by Crippen LogP contribution is -2.31. The topological polar surface area (TPSA) is 27.8 Å². The van der Waals surface area contributed by atoms with E-state index < -0.39 is 0 Å². The second-order valence-electron chi connectivity index (χ2n) is 6.90. The van der Waals surface area contributed by atoms with Crippen molar-refractivity contribution >= 4 is 23.3 Å². The lowest BCUT2D eigenvalue weighted by atomic mass is 9.82. The quantitative estimate of drug-likeness (QED) is 0.335. The van der Waals surface area contributed by atoms with Crippen LogP contribution in [0.15, 0.2) is 66.3 Å². The molecule has 0 spiro atoms. The van der Waals surface area contributed by atoms with Crippen LogP contribution in [-0.4, -0.2) is 37.2 Å². The first-order valence-electron chi connectivity index (χ1n) is 8.76. The summed E-state index contributed by atoms with van der Waals surface area (Å²) in [6.45, 7) is 8.97. The van der Waals surface area contributed by atoms with Crippen molar-refractivity contribution in [1.29, 1.82) is 0 Å². The maximum Gasteiger partial charge on any atom is 0.212 e. The first kappa shape index (κ1) is 17.9. The molecule has 0 saturated carbocycles. The highest BCUT2D eigenvalue weighted by atomic mass is 16.5. The third-order valence-corrected chi connectivity index (χ3v) is 4.93. The fourth-order valence-corrected chi connectivity index (χ4v) is 3.45.